The van der Waals surface area contributed by atoms with Gasteiger partial charge in [0.2, 0.25) is 5.88 Å². The standard InChI is InChI=1S/C27H22FN5O4S/c1-13-6-17(23-20(7-13)32-22(35-3)11-30-23)26-33-21-9-19(28)24-18(25(21)38-26)8-16(37-24)12-36-27(34)31-15-5-4-14(2)29-10-15/h4-7,9-11,16H,8,12H2,1-3H3,(H,31,34). The van der Waals surface area contributed by atoms with Crippen LogP contribution in [0, 0.1) is 19.7 Å². The minimum Gasteiger partial charge on any atom is -0.483 e. The van der Waals surface area contributed by atoms with E-state index in [1.807, 2.05) is 26.0 Å². The van der Waals surface area contributed by atoms with E-state index < -0.39 is 18.0 Å². The number of rotatable bonds is 5. The van der Waals surface area contributed by atoms with Gasteiger partial charge < -0.3 is 14.2 Å². The van der Waals surface area contributed by atoms with E-state index in [9.17, 15) is 4.79 Å². The quantitative estimate of drug-likeness (QED) is 0.311. The molecule has 3 aromatic heterocycles. The number of methoxy groups -OCH3 is 1. The van der Waals surface area contributed by atoms with Crippen LogP contribution in [0.5, 0.6) is 11.6 Å². The Morgan fingerprint density at radius 1 is 1.16 bits per heavy atom. The normalized spacial score (nSPS) is 14.4. The molecule has 1 aliphatic heterocycles. The summed E-state index contributed by atoms with van der Waals surface area (Å²) in [4.78, 5) is 30.1. The number of halogens is 1. The number of fused-ring (bicyclic) bond motifs is 4. The van der Waals surface area contributed by atoms with Gasteiger partial charge in [-0.25, -0.2) is 24.1 Å². The number of hydrogen-bond acceptors (Lipinski definition) is 9. The summed E-state index contributed by atoms with van der Waals surface area (Å²) >= 11 is 1.44. The van der Waals surface area contributed by atoms with E-state index in [0.717, 1.165) is 21.5 Å². The number of amides is 1. The summed E-state index contributed by atoms with van der Waals surface area (Å²) in [6.45, 7) is 3.79. The van der Waals surface area contributed by atoms with Crippen LogP contribution in [0.1, 0.15) is 16.8 Å². The molecule has 0 spiro atoms. The summed E-state index contributed by atoms with van der Waals surface area (Å²) in [5.41, 5.74) is 5.78. The van der Waals surface area contributed by atoms with E-state index in [1.165, 1.54) is 17.4 Å². The Morgan fingerprint density at radius 3 is 2.82 bits per heavy atom. The van der Waals surface area contributed by atoms with Gasteiger partial charge in [0.15, 0.2) is 11.6 Å². The molecule has 6 rings (SSSR count). The summed E-state index contributed by atoms with van der Waals surface area (Å²) < 4.78 is 32.2. The molecule has 11 heteroatoms. The lowest BCUT2D eigenvalue weighted by atomic mass is 10.1. The highest BCUT2D eigenvalue weighted by Gasteiger charge is 2.31. The van der Waals surface area contributed by atoms with Gasteiger partial charge in [0.1, 0.15) is 17.7 Å². The molecular formula is C27H22FN5O4S. The Bertz CT molecular complexity index is 1710. The largest absolute Gasteiger partial charge is 0.483 e. The van der Waals surface area contributed by atoms with Gasteiger partial charge in [-0.15, -0.1) is 11.3 Å². The Hall–Kier alpha value is -4.38. The molecule has 1 aliphatic rings. The van der Waals surface area contributed by atoms with Crippen molar-refractivity contribution in [1.82, 2.24) is 19.9 Å². The number of anilines is 1. The van der Waals surface area contributed by atoms with E-state index in [2.05, 4.69) is 20.3 Å². The maximum Gasteiger partial charge on any atom is 0.411 e. The predicted octanol–water partition coefficient (Wildman–Crippen LogP) is 5.62. The van der Waals surface area contributed by atoms with E-state index in [4.69, 9.17) is 19.2 Å². The van der Waals surface area contributed by atoms with Crippen molar-refractivity contribution >= 4 is 44.4 Å². The van der Waals surface area contributed by atoms with Crippen molar-refractivity contribution in [3.8, 4) is 22.2 Å². The summed E-state index contributed by atoms with van der Waals surface area (Å²) in [5.74, 6) is 0.0941. The number of aromatic nitrogens is 4. The fourth-order valence-electron chi connectivity index (χ4n) is 4.41. The Kier molecular flexibility index (Phi) is 5.99. The summed E-state index contributed by atoms with van der Waals surface area (Å²) in [7, 11) is 1.55. The smallest absolute Gasteiger partial charge is 0.411 e. The van der Waals surface area contributed by atoms with Crippen LogP contribution in [-0.4, -0.2) is 45.8 Å². The highest BCUT2D eigenvalue weighted by molar-refractivity contribution is 7.22. The molecule has 9 nitrogen and oxygen atoms in total. The molecule has 192 valence electrons. The molecule has 38 heavy (non-hydrogen) atoms. The number of carbonyl (C=O) groups excluding carboxylic acids is 1. The average molecular weight is 532 g/mol. The average Bonchev–Trinajstić information content (AvgIpc) is 3.53. The zero-order valence-corrected chi connectivity index (χ0v) is 21.6. The zero-order valence-electron chi connectivity index (χ0n) is 20.7. The number of aryl methyl sites for hydroxylation is 2. The molecule has 0 aliphatic carbocycles. The molecule has 2 aromatic carbocycles. The number of benzene rings is 2. The maximum atomic E-state index is 15.0. The lowest BCUT2D eigenvalue weighted by Gasteiger charge is -2.12. The predicted molar refractivity (Wildman–Crippen MR) is 141 cm³/mol. The highest BCUT2D eigenvalue weighted by atomic mass is 32.1. The van der Waals surface area contributed by atoms with Gasteiger partial charge in [-0.2, -0.15) is 0 Å². The minimum absolute atomic E-state index is 0.0354. The number of thiazole rings is 1. The first kappa shape index (κ1) is 24.0. The Balaban J connectivity index is 1.25. The van der Waals surface area contributed by atoms with Crippen LogP contribution in [0.25, 0.3) is 31.8 Å². The van der Waals surface area contributed by atoms with E-state index in [1.54, 1.807) is 31.6 Å². The second-order valence-corrected chi connectivity index (χ2v) is 9.98. The minimum atomic E-state index is -0.634. The first-order valence-corrected chi connectivity index (χ1v) is 12.7. The molecule has 0 saturated carbocycles. The number of carbonyl (C=O) groups is 1. The molecule has 1 N–H and O–H groups in total. The van der Waals surface area contributed by atoms with E-state index in [0.29, 0.717) is 45.1 Å². The second kappa shape index (κ2) is 9.49. The number of hydrogen-bond donors (Lipinski definition) is 1. The monoisotopic (exact) mass is 531 g/mol. The van der Waals surface area contributed by atoms with Gasteiger partial charge >= 0.3 is 6.09 Å². The molecule has 4 heterocycles. The van der Waals surface area contributed by atoms with Crippen LogP contribution in [-0.2, 0) is 11.2 Å². The Labute approximate surface area is 220 Å². The molecular weight excluding hydrogens is 509 g/mol. The number of pyridine rings is 1. The van der Waals surface area contributed by atoms with E-state index >= 15 is 4.39 Å². The molecule has 1 amide bonds. The van der Waals surface area contributed by atoms with Gasteiger partial charge in [0, 0.05) is 29.3 Å². The summed E-state index contributed by atoms with van der Waals surface area (Å²) in [6.07, 6.45) is 2.35. The molecule has 0 bridgehead atoms. The van der Waals surface area contributed by atoms with Gasteiger partial charge in [-0.1, -0.05) is 0 Å². The third-order valence-electron chi connectivity index (χ3n) is 6.16. The fourth-order valence-corrected chi connectivity index (χ4v) is 5.52. The van der Waals surface area contributed by atoms with Crippen molar-refractivity contribution in [2.75, 3.05) is 19.0 Å². The first-order chi connectivity index (χ1) is 18.4. The van der Waals surface area contributed by atoms with Gasteiger partial charge in [-0.3, -0.25) is 10.3 Å². The first-order valence-electron chi connectivity index (χ1n) is 11.8. The fraction of sp³-hybridized carbons (Fsp3) is 0.222. The van der Waals surface area contributed by atoms with Crippen molar-refractivity contribution < 1.29 is 23.4 Å². The Morgan fingerprint density at radius 2 is 2.03 bits per heavy atom. The van der Waals surface area contributed by atoms with Crippen LogP contribution < -0.4 is 14.8 Å². The van der Waals surface area contributed by atoms with Crippen molar-refractivity contribution in [3.63, 3.8) is 0 Å². The maximum absolute atomic E-state index is 15.0. The van der Waals surface area contributed by atoms with Crippen molar-refractivity contribution in [2.24, 2.45) is 0 Å². The number of nitrogens with zero attached hydrogens (tertiary/aromatic N) is 4. The van der Waals surface area contributed by atoms with Crippen LogP contribution in [0.4, 0.5) is 14.9 Å². The van der Waals surface area contributed by atoms with Crippen LogP contribution in [0.3, 0.4) is 0 Å². The molecule has 1 atom stereocenters. The molecule has 0 fully saturated rings. The van der Waals surface area contributed by atoms with E-state index in [-0.39, 0.29) is 12.4 Å². The molecule has 5 aromatic rings. The zero-order chi connectivity index (χ0) is 26.4. The molecule has 0 radical (unpaired) electrons. The third-order valence-corrected chi connectivity index (χ3v) is 7.33. The van der Waals surface area contributed by atoms with Crippen LogP contribution in [0.2, 0.25) is 0 Å². The van der Waals surface area contributed by atoms with Gasteiger partial charge in [0.25, 0.3) is 0 Å². The van der Waals surface area contributed by atoms with Gasteiger partial charge in [0.05, 0.1) is 46.4 Å². The third kappa shape index (κ3) is 4.45. The number of ether oxygens (including phenoxy) is 3. The van der Waals surface area contributed by atoms with Crippen molar-refractivity contribution in [3.05, 3.63) is 65.4 Å². The van der Waals surface area contributed by atoms with Crippen molar-refractivity contribution in [2.45, 2.75) is 26.4 Å². The van der Waals surface area contributed by atoms with Crippen LogP contribution >= 0.6 is 11.3 Å². The SMILES string of the molecule is COc1cnc2c(-c3nc4cc(F)c5c(c4s3)CC(COC(=O)Nc3ccc(C)nc3)O5)cc(C)cc2n1. The number of nitrogens with one attached hydrogen (secondary N) is 1. The van der Waals surface area contributed by atoms with Crippen LogP contribution in [0.15, 0.2) is 42.7 Å². The molecule has 1 unspecified atom stereocenters. The highest BCUT2D eigenvalue weighted by Crippen LogP contribution is 2.43. The summed E-state index contributed by atoms with van der Waals surface area (Å²) in [6, 6.07) is 8.82. The molecule has 0 saturated heterocycles. The topological polar surface area (TPSA) is 108 Å². The lowest BCUT2D eigenvalue weighted by molar-refractivity contribution is 0.100. The lowest BCUT2D eigenvalue weighted by Crippen LogP contribution is -2.25. The summed E-state index contributed by atoms with van der Waals surface area (Å²) in [5, 5.41) is 3.32. The van der Waals surface area contributed by atoms with Crippen molar-refractivity contribution in [1.29, 1.82) is 0 Å². The second-order valence-electron chi connectivity index (χ2n) is 8.98. The van der Waals surface area contributed by atoms with Gasteiger partial charge in [-0.05, 0) is 43.7 Å².